The van der Waals surface area contributed by atoms with Gasteiger partial charge in [-0.1, -0.05) is 31.7 Å². The smallest absolute Gasteiger partial charge is 0.138 e. The van der Waals surface area contributed by atoms with Gasteiger partial charge >= 0.3 is 0 Å². The van der Waals surface area contributed by atoms with Gasteiger partial charge in [0.15, 0.2) is 0 Å². The van der Waals surface area contributed by atoms with Gasteiger partial charge in [-0.3, -0.25) is 4.99 Å². The summed E-state index contributed by atoms with van der Waals surface area (Å²) in [6.07, 6.45) is 2.72. The molecule has 0 aromatic heterocycles. The van der Waals surface area contributed by atoms with E-state index in [1.165, 1.54) is 4.91 Å². The SMILES string of the molecule is CC(C)C(CC#N)C1=CCN=C(Br)S1. The molecule has 0 amide bonds. The van der Waals surface area contributed by atoms with Crippen LogP contribution in [0.2, 0.25) is 0 Å². The molecule has 0 aliphatic carbocycles. The molecule has 0 saturated carbocycles. The molecule has 0 fully saturated rings. The van der Waals surface area contributed by atoms with Crippen LogP contribution in [0.4, 0.5) is 0 Å². The molecule has 4 heteroatoms. The molecule has 1 unspecified atom stereocenters. The topological polar surface area (TPSA) is 36.1 Å². The van der Waals surface area contributed by atoms with E-state index in [-0.39, 0.29) is 0 Å². The fraction of sp³-hybridized carbons (Fsp3) is 0.600. The van der Waals surface area contributed by atoms with E-state index in [2.05, 4.69) is 46.9 Å². The molecule has 1 atom stereocenters. The van der Waals surface area contributed by atoms with E-state index in [4.69, 9.17) is 5.26 Å². The molecule has 0 radical (unpaired) electrons. The van der Waals surface area contributed by atoms with Crippen molar-refractivity contribution in [3.63, 3.8) is 0 Å². The highest BCUT2D eigenvalue weighted by Gasteiger charge is 2.21. The van der Waals surface area contributed by atoms with Gasteiger partial charge in [-0.05, 0) is 26.8 Å². The highest BCUT2D eigenvalue weighted by molar-refractivity contribution is 9.22. The van der Waals surface area contributed by atoms with Gasteiger partial charge in [-0.15, -0.1) is 0 Å². The van der Waals surface area contributed by atoms with Gasteiger partial charge in [0.2, 0.25) is 0 Å². The van der Waals surface area contributed by atoms with Crippen molar-refractivity contribution in [1.82, 2.24) is 0 Å². The minimum Gasteiger partial charge on any atom is -0.267 e. The Hall–Kier alpha value is -0.270. The van der Waals surface area contributed by atoms with Gasteiger partial charge in [-0.25, -0.2) is 0 Å². The minimum absolute atomic E-state index is 0.355. The van der Waals surface area contributed by atoms with E-state index in [9.17, 15) is 0 Å². The van der Waals surface area contributed by atoms with Crippen LogP contribution in [0.5, 0.6) is 0 Å². The lowest BCUT2D eigenvalue weighted by Crippen LogP contribution is -2.12. The zero-order valence-corrected chi connectivity index (χ0v) is 10.7. The zero-order chi connectivity index (χ0) is 10.6. The molecule has 2 nitrogen and oxygen atoms in total. The summed E-state index contributed by atoms with van der Waals surface area (Å²) in [4.78, 5) is 5.50. The predicted octanol–water partition coefficient (Wildman–Crippen LogP) is 3.55. The summed E-state index contributed by atoms with van der Waals surface area (Å²) in [5.74, 6) is 0.861. The average Bonchev–Trinajstić information content (AvgIpc) is 2.13. The summed E-state index contributed by atoms with van der Waals surface area (Å²) in [5.41, 5.74) is 0. The summed E-state index contributed by atoms with van der Waals surface area (Å²) in [5, 5.41) is 8.75. The van der Waals surface area contributed by atoms with Gasteiger partial charge in [0, 0.05) is 12.3 Å². The third-order valence-corrected chi connectivity index (χ3v) is 3.93. The Labute approximate surface area is 97.6 Å². The zero-order valence-electron chi connectivity index (χ0n) is 8.33. The first-order valence-corrected chi connectivity index (χ1v) is 6.21. The number of aliphatic imine (C=N–C) groups is 1. The van der Waals surface area contributed by atoms with Crippen LogP contribution in [0.25, 0.3) is 0 Å². The van der Waals surface area contributed by atoms with E-state index in [0.717, 1.165) is 10.5 Å². The van der Waals surface area contributed by atoms with Crippen LogP contribution in [0, 0.1) is 23.2 Å². The number of allylic oxidation sites excluding steroid dienone is 1. The van der Waals surface area contributed by atoms with Crippen molar-refractivity contribution in [3.05, 3.63) is 11.0 Å². The van der Waals surface area contributed by atoms with Gasteiger partial charge < -0.3 is 0 Å². The molecule has 14 heavy (non-hydrogen) atoms. The molecular weight excluding hydrogens is 260 g/mol. The van der Waals surface area contributed by atoms with Crippen molar-refractivity contribution in [2.24, 2.45) is 16.8 Å². The highest BCUT2D eigenvalue weighted by atomic mass is 79.9. The first-order chi connectivity index (χ1) is 6.65. The Kier molecular flexibility index (Phi) is 4.70. The Bertz CT molecular complexity index is 302. The maximum absolute atomic E-state index is 8.75. The second-order valence-corrected chi connectivity index (χ2v) is 5.85. The van der Waals surface area contributed by atoms with Crippen molar-refractivity contribution < 1.29 is 0 Å². The molecule has 0 bridgehead atoms. The van der Waals surface area contributed by atoms with Crippen molar-refractivity contribution >= 4 is 31.6 Å². The number of halogens is 1. The molecule has 76 valence electrons. The Morgan fingerprint density at radius 3 is 2.93 bits per heavy atom. The molecule has 1 rings (SSSR count). The molecular formula is C10H13BrN2S. The third-order valence-electron chi connectivity index (χ3n) is 2.19. The normalized spacial score (nSPS) is 18.5. The van der Waals surface area contributed by atoms with E-state index < -0.39 is 0 Å². The van der Waals surface area contributed by atoms with E-state index in [0.29, 0.717) is 18.3 Å². The number of nitrogens with zero attached hydrogens (tertiary/aromatic N) is 2. The lowest BCUT2D eigenvalue weighted by Gasteiger charge is -2.22. The van der Waals surface area contributed by atoms with Crippen molar-refractivity contribution in [3.8, 4) is 6.07 Å². The Morgan fingerprint density at radius 2 is 2.43 bits per heavy atom. The van der Waals surface area contributed by atoms with E-state index in [1.54, 1.807) is 11.8 Å². The average molecular weight is 273 g/mol. The largest absolute Gasteiger partial charge is 0.267 e. The molecule has 0 N–H and O–H groups in total. The Morgan fingerprint density at radius 1 is 1.71 bits per heavy atom. The van der Waals surface area contributed by atoms with Gasteiger partial charge in [-0.2, -0.15) is 5.26 Å². The first-order valence-electron chi connectivity index (χ1n) is 4.60. The maximum atomic E-state index is 8.75. The fourth-order valence-electron chi connectivity index (χ4n) is 1.37. The van der Waals surface area contributed by atoms with Crippen LogP contribution >= 0.6 is 27.7 Å². The fourth-order valence-corrected chi connectivity index (χ4v) is 3.07. The van der Waals surface area contributed by atoms with Crippen LogP contribution in [0.1, 0.15) is 20.3 Å². The molecule has 0 aromatic rings. The first kappa shape index (κ1) is 11.8. The number of rotatable bonds is 3. The standard InChI is InChI=1S/C10H13BrN2S/c1-7(2)8(3-5-12)9-4-6-13-10(11)14-9/h4,7-8H,3,6H2,1-2H3. The lowest BCUT2D eigenvalue weighted by atomic mass is 9.92. The van der Waals surface area contributed by atoms with Crippen molar-refractivity contribution in [2.75, 3.05) is 6.54 Å². The van der Waals surface area contributed by atoms with Crippen molar-refractivity contribution in [2.45, 2.75) is 20.3 Å². The third kappa shape index (κ3) is 3.14. The number of hydrogen-bond acceptors (Lipinski definition) is 3. The number of hydrogen-bond donors (Lipinski definition) is 0. The maximum Gasteiger partial charge on any atom is 0.138 e. The molecule has 1 heterocycles. The summed E-state index contributed by atoms with van der Waals surface area (Å²) in [7, 11) is 0. The lowest BCUT2D eigenvalue weighted by molar-refractivity contribution is 0.467. The molecule has 1 aliphatic rings. The van der Waals surface area contributed by atoms with E-state index >= 15 is 0 Å². The summed E-state index contributed by atoms with van der Waals surface area (Å²) >= 11 is 5.03. The van der Waals surface area contributed by atoms with Crippen LogP contribution in [0.3, 0.4) is 0 Å². The quantitative estimate of drug-likeness (QED) is 0.788. The van der Waals surface area contributed by atoms with Crippen LogP contribution in [0.15, 0.2) is 16.0 Å². The predicted molar refractivity (Wildman–Crippen MR) is 65.5 cm³/mol. The van der Waals surface area contributed by atoms with Crippen LogP contribution < -0.4 is 0 Å². The second kappa shape index (κ2) is 5.57. The van der Waals surface area contributed by atoms with Gasteiger partial charge in [0.05, 0.1) is 12.6 Å². The van der Waals surface area contributed by atoms with Crippen molar-refractivity contribution in [1.29, 1.82) is 5.26 Å². The molecule has 0 aromatic carbocycles. The Balaban J connectivity index is 2.70. The monoisotopic (exact) mass is 272 g/mol. The highest BCUT2D eigenvalue weighted by Crippen LogP contribution is 2.36. The van der Waals surface area contributed by atoms with E-state index in [1.807, 2.05) is 0 Å². The molecule has 0 spiro atoms. The van der Waals surface area contributed by atoms with Crippen LogP contribution in [-0.2, 0) is 0 Å². The molecule has 1 aliphatic heterocycles. The summed E-state index contributed by atoms with van der Waals surface area (Å²) < 4.78 is 0.929. The summed E-state index contributed by atoms with van der Waals surface area (Å²) in [6, 6.07) is 2.25. The number of thioether (sulfide) groups is 1. The van der Waals surface area contributed by atoms with Gasteiger partial charge in [0.1, 0.15) is 3.95 Å². The van der Waals surface area contributed by atoms with Gasteiger partial charge in [0.25, 0.3) is 0 Å². The second-order valence-electron chi connectivity index (χ2n) is 3.51. The molecule has 0 saturated heterocycles. The summed E-state index contributed by atoms with van der Waals surface area (Å²) in [6.45, 7) is 5.05. The minimum atomic E-state index is 0.355. The number of nitriles is 1. The van der Waals surface area contributed by atoms with Crippen LogP contribution in [-0.4, -0.2) is 10.5 Å².